The van der Waals surface area contributed by atoms with Crippen LogP contribution in [0.1, 0.15) is 17.7 Å². The fraction of sp³-hybridized carbons (Fsp3) is 0.250. The van der Waals surface area contributed by atoms with Gasteiger partial charge in [-0.05, 0) is 43.5 Å². The van der Waals surface area contributed by atoms with E-state index < -0.39 is 10.0 Å². The second-order valence-corrected chi connectivity index (χ2v) is 8.18. The maximum Gasteiger partial charge on any atom is 0.263 e. The monoisotopic (exact) mass is 435 g/mol. The lowest BCUT2D eigenvalue weighted by Gasteiger charge is -2.14. The number of nitrogens with zero attached hydrogens (tertiary/aromatic N) is 2. The molecule has 0 unspecified atom stereocenters. The van der Waals surface area contributed by atoms with Crippen LogP contribution < -0.4 is 14.2 Å². The van der Waals surface area contributed by atoms with E-state index in [1.165, 1.54) is 26.4 Å². The maximum absolute atomic E-state index is 13.1. The number of hydrogen-bond donors (Lipinski definition) is 1. The molecule has 29 heavy (non-hydrogen) atoms. The van der Waals surface area contributed by atoms with Gasteiger partial charge in [-0.3, -0.25) is 4.72 Å². The van der Waals surface area contributed by atoms with Gasteiger partial charge in [0.2, 0.25) is 0 Å². The molecule has 0 spiro atoms. The molecule has 0 amide bonds. The van der Waals surface area contributed by atoms with Crippen molar-refractivity contribution in [2.45, 2.75) is 24.2 Å². The summed E-state index contributed by atoms with van der Waals surface area (Å²) in [5.74, 6) is 1.32. The van der Waals surface area contributed by atoms with E-state index >= 15 is 0 Å². The van der Waals surface area contributed by atoms with Gasteiger partial charge in [0.1, 0.15) is 5.82 Å². The van der Waals surface area contributed by atoms with Crippen LogP contribution in [0.15, 0.2) is 53.4 Å². The minimum absolute atomic E-state index is 0. The van der Waals surface area contributed by atoms with Crippen molar-refractivity contribution >= 4 is 28.2 Å². The van der Waals surface area contributed by atoms with E-state index in [2.05, 4.69) is 9.82 Å². The Hall–Kier alpha value is -2.71. The highest BCUT2D eigenvalue weighted by molar-refractivity contribution is 7.92. The zero-order valence-electron chi connectivity index (χ0n) is 16.1. The van der Waals surface area contributed by atoms with Gasteiger partial charge in [0.25, 0.3) is 10.0 Å². The molecule has 1 aliphatic rings. The first-order chi connectivity index (χ1) is 13.5. The lowest BCUT2D eigenvalue weighted by Crippen LogP contribution is -2.17. The number of aryl methyl sites for hydroxylation is 1. The largest absolute Gasteiger partial charge is 0.493 e. The number of anilines is 1. The highest BCUT2D eigenvalue weighted by Gasteiger charge is 2.27. The second kappa shape index (κ2) is 8.34. The first-order valence-corrected chi connectivity index (χ1v) is 10.4. The van der Waals surface area contributed by atoms with E-state index in [9.17, 15) is 8.42 Å². The highest BCUT2D eigenvalue weighted by Crippen LogP contribution is 2.34. The quantitative estimate of drug-likeness (QED) is 0.639. The predicted octanol–water partition coefficient (Wildman–Crippen LogP) is 3.60. The van der Waals surface area contributed by atoms with E-state index in [-0.39, 0.29) is 17.3 Å². The van der Waals surface area contributed by atoms with Gasteiger partial charge in [-0.2, -0.15) is 5.10 Å². The van der Waals surface area contributed by atoms with Crippen LogP contribution in [0.3, 0.4) is 0 Å². The van der Waals surface area contributed by atoms with Crippen LogP contribution in [0.5, 0.6) is 11.5 Å². The smallest absolute Gasteiger partial charge is 0.263 e. The second-order valence-electron chi connectivity index (χ2n) is 6.50. The summed E-state index contributed by atoms with van der Waals surface area (Å²) >= 11 is 0. The molecule has 9 heteroatoms. The van der Waals surface area contributed by atoms with E-state index in [4.69, 9.17) is 9.47 Å². The van der Waals surface area contributed by atoms with Crippen LogP contribution in [0, 0.1) is 0 Å². The molecule has 0 bridgehead atoms. The lowest BCUT2D eigenvalue weighted by molar-refractivity contribution is 0.354. The third kappa shape index (κ3) is 3.90. The maximum atomic E-state index is 13.1. The number of benzene rings is 2. The van der Waals surface area contributed by atoms with Crippen LogP contribution in [0.2, 0.25) is 0 Å². The van der Waals surface area contributed by atoms with Crippen molar-refractivity contribution in [2.75, 3.05) is 18.9 Å². The molecular formula is C20H22ClN3O4S. The number of nitrogens with one attached hydrogen (secondary N) is 1. The van der Waals surface area contributed by atoms with E-state index in [0.29, 0.717) is 17.3 Å². The molecule has 1 N–H and O–H groups in total. The van der Waals surface area contributed by atoms with Gasteiger partial charge in [-0.15, -0.1) is 12.4 Å². The molecule has 0 saturated heterocycles. The number of fused-ring (bicyclic) bond motifs is 1. The van der Waals surface area contributed by atoms with Crippen LogP contribution in [-0.4, -0.2) is 32.4 Å². The topological polar surface area (TPSA) is 82.5 Å². The molecule has 7 nitrogen and oxygen atoms in total. The molecule has 4 rings (SSSR count). The van der Waals surface area contributed by atoms with Gasteiger partial charge >= 0.3 is 0 Å². The van der Waals surface area contributed by atoms with Gasteiger partial charge in [-0.1, -0.05) is 18.2 Å². The number of methoxy groups -OCH3 is 2. The van der Waals surface area contributed by atoms with E-state index in [1.807, 2.05) is 30.3 Å². The van der Waals surface area contributed by atoms with Crippen molar-refractivity contribution in [1.29, 1.82) is 0 Å². The number of sulfonamides is 1. The Balaban J connectivity index is 0.00000240. The molecule has 0 aliphatic heterocycles. The summed E-state index contributed by atoms with van der Waals surface area (Å²) in [6.45, 7) is 0. The van der Waals surface area contributed by atoms with Crippen molar-refractivity contribution in [2.24, 2.45) is 0 Å². The Morgan fingerprint density at radius 2 is 1.72 bits per heavy atom. The normalized spacial score (nSPS) is 12.8. The lowest BCUT2D eigenvalue weighted by atomic mass is 10.2. The summed E-state index contributed by atoms with van der Waals surface area (Å²) in [6.07, 6.45) is 2.62. The predicted molar refractivity (Wildman–Crippen MR) is 113 cm³/mol. The average molecular weight is 436 g/mol. The van der Waals surface area contributed by atoms with Gasteiger partial charge in [0, 0.05) is 11.6 Å². The summed E-state index contributed by atoms with van der Waals surface area (Å²) in [5, 5.41) is 4.64. The Labute approximate surface area is 176 Å². The molecule has 1 aliphatic carbocycles. The summed E-state index contributed by atoms with van der Waals surface area (Å²) < 4.78 is 41.1. The summed E-state index contributed by atoms with van der Waals surface area (Å²) in [5.41, 5.74) is 2.70. The SMILES string of the molecule is COc1ccc(S(=O)(=O)Nc2c3c(nn2-c2ccccc2)CCC3)cc1OC.Cl. The third-order valence-corrected chi connectivity index (χ3v) is 6.14. The molecule has 3 aromatic rings. The summed E-state index contributed by atoms with van der Waals surface area (Å²) in [7, 11) is -0.862. The fourth-order valence-electron chi connectivity index (χ4n) is 3.42. The molecular weight excluding hydrogens is 414 g/mol. The first kappa shape index (κ1) is 21.0. The van der Waals surface area contributed by atoms with Gasteiger partial charge < -0.3 is 9.47 Å². The number of hydrogen-bond acceptors (Lipinski definition) is 5. The molecule has 1 aromatic heterocycles. The third-order valence-electron chi connectivity index (χ3n) is 4.80. The minimum atomic E-state index is -3.84. The number of rotatable bonds is 6. The average Bonchev–Trinajstić information content (AvgIpc) is 3.30. The molecule has 0 radical (unpaired) electrons. The molecule has 2 aromatic carbocycles. The van der Waals surface area contributed by atoms with Crippen molar-refractivity contribution in [3.63, 3.8) is 0 Å². The zero-order valence-corrected chi connectivity index (χ0v) is 17.7. The number of para-hydroxylation sites is 1. The molecule has 1 heterocycles. The van der Waals surface area contributed by atoms with Gasteiger partial charge in [0.05, 0.1) is 30.5 Å². The summed E-state index contributed by atoms with van der Waals surface area (Å²) in [6, 6.07) is 14.0. The Morgan fingerprint density at radius 1 is 1.00 bits per heavy atom. The van der Waals surface area contributed by atoms with Crippen LogP contribution in [-0.2, 0) is 22.9 Å². The van der Waals surface area contributed by atoms with E-state index in [0.717, 1.165) is 36.2 Å². The van der Waals surface area contributed by atoms with Gasteiger partial charge in [-0.25, -0.2) is 13.1 Å². The van der Waals surface area contributed by atoms with Crippen molar-refractivity contribution in [1.82, 2.24) is 9.78 Å². The first-order valence-electron chi connectivity index (χ1n) is 8.94. The standard InChI is InChI=1S/C20H21N3O4S.ClH/c1-26-18-12-11-15(13-19(18)27-2)28(24,25)22-20-16-9-6-10-17(16)21-23(20)14-7-4-3-5-8-14;/h3-5,7-8,11-13,22H,6,9-10H2,1-2H3;1H. The number of ether oxygens (including phenoxy) is 2. The molecule has 154 valence electrons. The highest BCUT2D eigenvalue weighted by atomic mass is 35.5. The van der Waals surface area contributed by atoms with Crippen LogP contribution in [0.25, 0.3) is 5.69 Å². The fourth-order valence-corrected chi connectivity index (χ4v) is 4.51. The van der Waals surface area contributed by atoms with Crippen molar-refractivity contribution < 1.29 is 17.9 Å². The molecule has 0 saturated carbocycles. The van der Waals surface area contributed by atoms with Crippen molar-refractivity contribution in [3.8, 4) is 17.2 Å². The zero-order chi connectivity index (χ0) is 19.7. The molecule has 0 fully saturated rings. The molecule has 0 atom stereocenters. The Bertz CT molecular complexity index is 1110. The van der Waals surface area contributed by atoms with Gasteiger partial charge in [0.15, 0.2) is 11.5 Å². The van der Waals surface area contributed by atoms with Crippen LogP contribution in [0.4, 0.5) is 5.82 Å². The van der Waals surface area contributed by atoms with Crippen LogP contribution >= 0.6 is 12.4 Å². The van der Waals surface area contributed by atoms with Crippen molar-refractivity contribution in [3.05, 3.63) is 59.8 Å². The minimum Gasteiger partial charge on any atom is -0.493 e. The Morgan fingerprint density at radius 3 is 2.41 bits per heavy atom. The Kier molecular flexibility index (Phi) is 6.04. The summed E-state index contributed by atoms with van der Waals surface area (Å²) in [4.78, 5) is 0.0951. The number of halogens is 1. The number of aromatic nitrogens is 2. The van der Waals surface area contributed by atoms with E-state index in [1.54, 1.807) is 10.7 Å².